The zero-order valence-electron chi connectivity index (χ0n) is 14.5. The van der Waals surface area contributed by atoms with Gasteiger partial charge in [-0.25, -0.2) is 4.79 Å². The minimum absolute atomic E-state index is 0.396. The Morgan fingerprint density at radius 1 is 0.920 bits per heavy atom. The normalized spacial score (nSPS) is 17.9. The van der Waals surface area contributed by atoms with Crippen molar-refractivity contribution in [3.8, 4) is 0 Å². The lowest BCUT2D eigenvalue weighted by Crippen LogP contribution is -2.39. The number of hydrogen-bond acceptors (Lipinski definition) is 4. The van der Waals surface area contributed by atoms with Crippen molar-refractivity contribution in [1.29, 1.82) is 0 Å². The van der Waals surface area contributed by atoms with Crippen LogP contribution in [0, 0.1) is 0 Å². The Balaban J connectivity index is 1.98. The highest BCUT2D eigenvalue weighted by atomic mass is 16.8. The van der Waals surface area contributed by atoms with Crippen LogP contribution in [0.5, 0.6) is 0 Å². The molecule has 0 N–H and O–H groups in total. The second kappa shape index (κ2) is 6.69. The molecule has 2 aromatic carbocycles. The van der Waals surface area contributed by atoms with Gasteiger partial charge in [-0.15, -0.1) is 5.06 Å². The summed E-state index contributed by atoms with van der Waals surface area (Å²) in [5, 5.41) is 0.740. The third-order valence-electron chi connectivity index (χ3n) is 3.82. The number of benzene rings is 2. The number of cyclic esters (lactones) is 1. The molecule has 1 unspecified atom stereocenters. The van der Waals surface area contributed by atoms with Crippen LogP contribution in [-0.2, 0) is 14.4 Å². The molecule has 25 heavy (non-hydrogen) atoms. The maximum absolute atomic E-state index is 12.8. The molecule has 2 aromatic rings. The molecule has 5 heteroatoms. The van der Waals surface area contributed by atoms with E-state index in [0.717, 1.165) is 16.2 Å². The molecule has 0 radical (unpaired) electrons. The van der Waals surface area contributed by atoms with Crippen LogP contribution in [0.2, 0.25) is 0 Å². The second-order valence-electron chi connectivity index (χ2n) is 6.94. The molecular formula is C20H21NO4. The van der Waals surface area contributed by atoms with Gasteiger partial charge in [0.1, 0.15) is 0 Å². The van der Waals surface area contributed by atoms with E-state index in [9.17, 15) is 9.59 Å². The first-order valence-corrected chi connectivity index (χ1v) is 8.20. The molecule has 2 amide bonds. The summed E-state index contributed by atoms with van der Waals surface area (Å²) in [4.78, 5) is 30.5. The number of hydrogen-bond donors (Lipinski definition) is 0. The lowest BCUT2D eigenvalue weighted by atomic mass is 9.86. The summed E-state index contributed by atoms with van der Waals surface area (Å²) in [6.07, 6.45) is -1.73. The standard InChI is InChI=1S/C20H21NO4/c1-20(2,3)25-21-18(22)17(24-19(21)23)16(14-10-6-4-7-11-14)15-12-8-5-9-13-15/h4-13,16-17H,1-3H3. The Morgan fingerprint density at radius 3 is 1.84 bits per heavy atom. The molecule has 1 aliphatic rings. The van der Waals surface area contributed by atoms with Gasteiger partial charge in [-0.3, -0.25) is 9.63 Å². The zero-order chi connectivity index (χ0) is 18.0. The number of carbonyl (C=O) groups is 2. The Morgan fingerprint density at radius 2 is 1.40 bits per heavy atom. The fourth-order valence-electron chi connectivity index (χ4n) is 2.84. The van der Waals surface area contributed by atoms with Gasteiger partial charge in [0, 0.05) is 0 Å². The second-order valence-corrected chi connectivity index (χ2v) is 6.94. The first-order valence-electron chi connectivity index (χ1n) is 8.20. The SMILES string of the molecule is CC(C)(C)ON1C(=O)OC(C(c2ccccc2)c2ccccc2)C1=O. The van der Waals surface area contributed by atoms with Crippen molar-refractivity contribution in [2.24, 2.45) is 0 Å². The number of amides is 2. The van der Waals surface area contributed by atoms with Gasteiger partial charge in [-0.2, -0.15) is 0 Å². The largest absolute Gasteiger partial charge is 0.442 e. The molecule has 0 aliphatic carbocycles. The van der Waals surface area contributed by atoms with Crippen molar-refractivity contribution in [1.82, 2.24) is 5.06 Å². The molecule has 1 aliphatic heterocycles. The number of ether oxygens (including phenoxy) is 1. The molecule has 1 heterocycles. The Bertz CT molecular complexity index is 713. The quantitative estimate of drug-likeness (QED) is 0.848. The van der Waals surface area contributed by atoms with Gasteiger partial charge in [-0.1, -0.05) is 60.7 Å². The van der Waals surface area contributed by atoms with E-state index in [4.69, 9.17) is 9.57 Å². The zero-order valence-corrected chi connectivity index (χ0v) is 14.5. The number of hydroxylamine groups is 2. The van der Waals surface area contributed by atoms with Crippen molar-refractivity contribution in [3.63, 3.8) is 0 Å². The van der Waals surface area contributed by atoms with E-state index >= 15 is 0 Å². The predicted octanol–water partition coefficient (Wildman–Crippen LogP) is 3.90. The molecule has 0 spiro atoms. The number of nitrogens with zero attached hydrogens (tertiary/aromatic N) is 1. The van der Waals surface area contributed by atoms with Gasteiger partial charge in [0.05, 0.1) is 11.5 Å². The Kier molecular flexibility index (Phi) is 4.59. The Hall–Kier alpha value is -2.66. The van der Waals surface area contributed by atoms with Crippen LogP contribution in [0.25, 0.3) is 0 Å². The van der Waals surface area contributed by atoms with Crippen molar-refractivity contribution in [3.05, 3.63) is 71.8 Å². The molecular weight excluding hydrogens is 318 g/mol. The van der Waals surface area contributed by atoms with E-state index < -0.39 is 29.6 Å². The molecule has 5 nitrogen and oxygen atoms in total. The van der Waals surface area contributed by atoms with Crippen LogP contribution in [-0.4, -0.2) is 28.8 Å². The number of imide groups is 1. The average Bonchev–Trinajstić information content (AvgIpc) is 2.84. The van der Waals surface area contributed by atoms with Crippen LogP contribution < -0.4 is 0 Å². The van der Waals surface area contributed by atoms with Gasteiger partial charge in [-0.05, 0) is 31.9 Å². The summed E-state index contributed by atoms with van der Waals surface area (Å²) in [5.41, 5.74) is 1.12. The summed E-state index contributed by atoms with van der Waals surface area (Å²) in [7, 11) is 0. The average molecular weight is 339 g/mol. The fraction of sp³-hybridized carbons (Fsp3) is 0.300. The minimum atomic E-state index is -0.959. The molecule has 1 saturated heterocycles. The van der Waals surface area contributed by atoms with Gasteiger partial charge in [0.2, 0.25) is 0 Å². The van der Waals surface area contributed by atoms with Crippen LogP contribution in [0.15, 0.2) is 60.7 Å². The van der Waals surface area contributed by atoms with E-state index in [1.54, 1.807) is 20.8 Å². The monoisotopic (exact) mass is 339 g/mol. The fourth-order valence-corrected chi connectivity index (χ4v) is 2.84. The van der Waals surface area contributed by atoms with E-state index in [0.29, 0.717) is 0 Å². The van der Waals surface area contributed by atoms with Crippen LogP contribution in [0.1, 0.15) is 37.8 Å². The first kappa shape index (κ1) is 17.2. The lowest BCUT2D eigenvalue weighted by Gasteiger charge is -2.24. The highest BCUT2D eigenvalue weighted by Crippen LogP contribution is 2.34. The van der Waals surface area contributed by atoms with Gasteiger partial charge < -0.3 is 4.74 Å². The van der Waals surface area contributed by atoms with E-state index in [-0.39, 0.29) is 0 Å². The highest BCUT2D eigenvalue weighted by Gasteiger charge is 2.48. The smallest absolute Gasteiger partial charge is 0.433 e. The van der Waals surface area contributed by atoms with Gasteiger partial charge in [0.25, 0.3) is 5.91 Å². The van der Waals surface area contributed by atoms with E-state index in [1.807, 2.05) is 60.7 Å². The molecule has 3 rings (SSSR count). The first-order chi connectivity index (χ1) is 11.9. The summed E-state index contributed by atoms with van der Waals surface area (Å²) in [6, 6.07) is 19.1. The predicted molar refractivity (Wildman–Crippen MR) is 92.7 cm³/mol. The molecule has 0 saturated carbocycles. The van der Waals surface area contributed by atoms with Crippen LogP contribution in [0.4, 0.5) is 4.79 Å². The minimum Gasteiger partial charge on any atom is -0.433 e. The third kappa shape index (κ3) is 3.72. The summed E-state index contributed by atoms with van der Waals surface area (Å²) >= 11 is 0. The Labute approximate surface area is 147 Å². The summed E-state index contributed by atoms with van der Waals surface area (Å²) in [5.74, 6) is -0.884. The van der Waals surface area contributed by atoms with Crippen LogP contribution in [0.3, 0.4) is 0 Å². The lowest BCUT2D eigenvalue weighted by molar-refractivity contribution is -0.198. The summed E-state index contributed by atoms with van der Waals surface area (Å²) < 4.78 is 5.42. The van der Waals surface area contributed by atoms with Crippen molar-refractivity contribution in [2.75, 3.05) is 0 Å². The molecule has 130 valence electrons. The molecule has 1 atom stereocenters. The molecule has 0 bridgehead atoms. The van der Waals surface area contributed by atoms with E-state index in [2.05, 4.69) is 0 Å². The van der Waals surface area contributed by atoms with E-state index in [1.165, 1.54) is 0 Å². The third-order valence-corrected chi connectivity index (χ3v) is 3.82. The van der Waals surface area contributed by atoms with Gasteiger partial charge >= 0.3 is 6.09 Å². The van der Waals surface area contributed by atoms with Crippen LogP contribution >= 0.6 is 0 Å². The topological polar surface area (TPSA) is 55.8 Å². The maximum atomic E-state index is 12.8. The summed E-state index contributed by atoms with van der Waals surface area (Å²) in [6.45, 7) is 5.31. The number of rotatable bonds is 4. The van der Waals surface area contributed by atoms with Crippen molar-refractivity contribution in [2.45, 2.75) is 38.4 Å². The van der Waals surface area contributed by atoms with Crippen molar-refractivity contribution >= 4 is 12.0 Å². The highest BCUT2D eigenvalue weighted by molar-refractivity contribution is 5.99. The van der Waals surface area contributed by atoms with Gasteiger partial charge in [0.15, 0.2) is 6.10 Å². The maximum Gasteiger partial charge on any atom is 0.442 e. The number of carbonyl (C=O) groups excluding carboxylic acids is 2. The van der Waals surface area contributed by atoms with Crippen molar-refractivity contribution < 1.29 is 19.2 Å². The molecule has 0 aromatic heterocycles. The molecule has 1 fully saturated rings.